The molecule has 0 radical (unpaired) electrons. The van der Waals surface area contributed by atoms with E-state index in [0.717, 1.165) is 0 Å². The summed E-state index contributed by atoms with van der Waals surface area (Å²) in [5.41, 5.74) is 0.408. The first kappa shape index (κ1) is 13.9. The van der Waals surface area contributed by atoms with Crippen molar-refractivity contribution in [2.24, 2.45) is 5.41 Å². The molecule has 0 aromatic carbocycles. The molecule has 1 heterocycles. The van der Waals surface area contributed by atoms with Gasteiger partial charge in [-0.15, -0.1) is 0 Å². The summed E-state index contributed by atoms with van der Waals surface area (Å²) in [6.07, 6.45) is 2.57. The van der Waals surface area contributed by atoms with Gasteiger partial charge < -0.3 is 15.1 Å². The Morgan fingerprint density at radius 1 is 1.38 bits per heavy atom. The van der Waals surface area contributed by atoms with Gasteiger partial charge in [0.25, 0.3) is 0 Å². The molecule has 0 aromatic heterocycles. The molecule has 0 amide bonds. The molecule has 0 aromatic rings. The van der Waals surface area contributed by atoms with Gasteiger partial charge in [-0.1, -0.05) is 13.8 Å². The Balaban J connectivity index is 2.31. The van der Waals surface area contributed by atoms with Crippen molar-refractivity contribution in [2.45, 2.75) is 32.7 Å². The number of nitrogens with zero attached hydrogens (tertiary/aromatic N) is 2. The van der Waals surface area contributed by atoms with Crippen LogP contribution in [-0.4, -0.2) is 63.2 Å². The first-order chi connectivity index (χ1) is 7.45. The lowest BCUT2D eigenvalue weighted by molar-refractivity contribution is 0.0793. The van der Waals surface area contributed by atoms with Gasteiger partial charge in [0.15, 0.2) is 0 Å². The summed E-state index contributed by atoms with van der Waals surface area (Å²) in [7, 11) is 6.39. The third kappa shape index (κ3) is 4.04. The topological polar surface area (TPSA) is 18.5 Å². The summed E-state index contributed by atoms with van der Waals surface area (Å²) in [6, 6.07) is 0.678. The minimum Gasteiger partial charge on any atom is -0.316 e. The molecule has 1 unspecified atom stereocenters. The van der Waals surface area contributed by atoms with Gasteiger partial charge >= 0.3 is 0 Å². The highest BCUT2D eigenvalue weighted by Crippen LogP contribution is 2.28. The molecule has 1 N–H and O–H groups in total. The zero-order chi connectivity index (χ0) is 12.2. The minimum absolute atomic E-state index is 0.408. The number of nitrogens with one attached hydrogen (secondary N) is 1. The number of hydrogen-bond acceptors (Lipinski definition) is 3. The molecule has 1 aliphatic rings. The normalized spacial score (nSPS) is 26.2. The minimum atomic E-state index is 0.408. The maximum Gasteiger partial charge on any atom is 0.0140 e. The molecule has 1 saturated heterocycles. The van der Waals surface area contributed by atoms with Crippen molar-refractivity contribution in [2.75, 3.05) is 47.3 Å². The molecule has 3 nitrogen and oxygen atoms in total. The third-order valence-electron chi connectivity index (χ3n) is 3.74. The summed E-state index contributed by atoms with van der Waals surface area (Å²) in [5.74, 6) is 0. The highest BCUT2D eigenvalue weighted by molar-refractivity contribution is 4.90. The predicted octanol–water partition coefficient (Wildman–Crippen LogP) is 1.26. The lowest BCUT2D eigenvalue weighted by Gasteiger charge is -2.44. The van der Waals surface area contributed by atoms with Gasteiger partial charge in [0.05, 0.1) is 0 Å². The van der Waals surface area contributed by atoms with Crippen molar-refractivity contribution >= 4 is 0 Å². The molecule has 1 aliphatic heterocycles. The molecule has 1 fully saturated rings. The van der Waals surface area contributed by atoms with Crippen LogP contribution in [0.2, 0.25) is 0 Å². The van der Waals surface area contributed by atoms with Gasteiger partial charge in [0.2, 0.25) is 0 Å². The van der Waals surface area contributed by atoms with E-state index in [2.05, 4.69) is 50.1 Å². The molecule has 0 spiro atoms. The van der Waals surface area contributed by atoms with Gasteiger partial charge in [-0.2, -0.15) is 0 Å². The first-order valence-electron chi connectivity index (χ1n) is 6.50. The van der Waals surface area contributed by atoms with E-state index in [1.807, 2.05) is 0 Å². The summed E-state index contributed by atoms with van der Waals surface area (Å²) < 4.78 is 0. The van der Waals surface area contributed by atoms with Crippen LogP contribution in [0.1, 0.15) is 26.7 Å². The van der Waals surface area contributed by atoms with E-state index in [4.69, 9.17) is 0 Å². The van der Waals surface area contributed by atoms with Crippen molar-refractivity contribution in [1.82, 2.24) is 15.1 Å². The van der Waals surface area contributed by atoms with Crippen LogP contribution in [0, 0.1) is 5.41 Å². The second-order valence-electron chi connectivity index (χ2n) is 6.05. The molecule has 96 valence electrons. The molecule has 1 rings (SSSR count). The van der Waals surface area contributed by atoms with E-state index in [1.54, 1.807) is 0 Å². The van der Waals surface area contributed by atoms with Crippen LogP contribution in [0.25, 0.3) is 0 Å². The Labute approximate surface area is 101 Å². The van der Waals surface area contributed by atoms with E-state index < -0.39 is 0 Å². The van der Waals surface area contributed by atoms with E-state index >= 15 is 0 Å². The molecule has 0 aliphatic carbocycles. The maximum absolute atomic E-state index is 3.45. The lowest BCUT2D eigenvalue weighted by atomic mass is 9.79. The fraction of sp³-hybridized carbons (Fsp3) is 1.00. The zero-order valence-electron chi connectivity index (χ0n) is 11.7. The second-order valence-corrected chi connectivity index (χ2v) is 6.05. The van der Waals surface area contributed by atoms with Crippen molar-refractivity contribution in [3.63, 3.8) is 0 Å². The third-order valence-corrected chi connectivity index (χ3v) is 3.74. The summed E-state index contributed by atoms with van der Waals surface area (Å²) in [6.45, 7) is 9.69. The number of hydrogen-bond donors (Lipinski definition) is 1. The molecular weight excluding hydrogens is 198 g/mol. The molecule has 3 heteroatoms. The Bertz CT molecular complexity index is 201. The van der Waals surface area contributed by atoms with Crippen LogP contribution in [0.4, 0.5) is 0 Å². The van der Waals surface area contributed by atoms with Crippen molar-refractivity contribution in [3.05, 3.63) is 0 Å². The summed E-state index contributed by atoms with van der Waals surface area (Å²) in [5, 5.41) is 3.45. The van der Waals surface area contributed by atoms with Gasteiger partial charge in [0.1, 0.15) is 0 Å². The van der Waals surface area contributed by atoms with Crippen LogP contribution in [0.15, 0.2) is 0 Å². The van der Waals surface area contributed by atoms with Crippen LogP contribution >= 0.6 is 0 Å². The number of rotatable bonds is 5. The fourth-order valence-electron chi connectivity index (χ4n) is 2.80. The van der Waals surface area contributed by atoms with Crippen LogP contribution in [0.5, 0.6) is 0 Å². The fourth-order valence-corrected chi connectivity index (χ4v) is 2.80. The highest BCUT2D eigenvalue weighted by atomic mass is 15.2. The number of piperidine rings is 1. The maximum atomic E-state index is 3.45. The number of likely N-dealkylation sites (tertiary alicyclic amines) is 1. The Hall–Kier alpha value is -0.120. The Kier molecular flexibility index (Phi) is 5.22. The molecule has 0 bridgehead atoms. The first-order valence-corrected chi connectivity index (χ1v) is 6.50. The molecular formula is C13H29N3. The van der Waals surface area contributed by atoms with Crippen LogP contribution in [-0.2, 0) is 0 Å². The van der Waals surface area contributed by atoms with Crippen LogP contribution < -0.4 is 5.32 Å². The SMILES string of the molecule is CNC1CCN(CCCN(C)C)CC1(C)C. The highest BCUT2D eigenvalue weighted by Gasteiger charge is 2.34. The Morgan fingerprint density at radius 3 is 2.56 bits per heavy atom. The van der Waals surface area contributed by atoms with Gasteiger partial charge in [-0.3, -0.25) is 0 Å². The lowest BCUT2D eigenvalue weighted by Crippen LogP contribution is -2.53. The predicted molar refractivity (Wildman–Crippen MR) is 70.9 cm³/mol. The summed E-state index contributed by atoms with van der Waals surface area (Å²) in [4.78, 5) is 4.89. The second kappa shape index (κ2) is 5.99. The largest absolute Gasteiger partial charge is 0.316 e. The summed E-state index contributed by atoms with van der Waals surface area (Å²) >= 11 is 0. The van der Waals surface area contributed by atoms with Crippen molar-refractivity contribution in [1.29, 1.82) is 0 Å². The Morgan fingerprint density at radius 2 is 2.06 bits per heavy atom. The van der Waals surface area contributed by atoms with E-state index in [9.17, 15) is 0 Å². The van der Waals surface area contributed by atoms with Gasteiger partial charge in [-0.25, -0.2) is 0 Å². The average Bonchev–Trinajstić information content (AvgIpc) is 2.16. The van der Waals surface area contributed by atoms with Crippen molar-refractivity contribution < 1.29 is 0 Å². The molecule has 16 heavy (non-hydrogen) atoms. The van der Waals surface area contributed by atoms with Crippen molar-refractivity contribution in [3.8, 4) is 0 Å². The van der Waals surface area contributed by atoms with E-state index in [-0.39, 0.29) is 0 Å². The smallest absolute Gasteiger partial charge is 0.0140 e. The van der Waals surface area contributed by atoms with Gasteiger partial charge in [-0.05, 0) is 59.0 Å². The quantitative estimate of drug-likeness (QED) is 0.763. The zero-order valence-corrected chi connectivity index (χ0v) is 11.7. The van der Waals surface area contributed by atoms with Gasteiger partial charge in [0, 0.05) is 12.6 Å². The standard InChI is InChI=1S/C13H29N3/c1-13(2)11-16(9-6-8-15(4)5)10-7-12(13)14-3/h12,14H,6-11H2,1-5H3. The monoisotopic (exact) mass is 227 g/mol. The molecule has 0 saturated carbocycles. The van der Waals surface area contributed by atoms with E-state index in [1.165, 1.54) is 39.0 Å². The van der Waals surface area contributed by atoms with Crippen LogP contribution in [0.3, 0.4) is 0 Å². The van der Waals surface area contributed by atoms with E-state index in [0.29, 0.717) is 11.5 Å². The molecule has 1 atom stereocenters. The average molecular weight is 227 g/mol.